The third-order valence-electron chi connectivity index (χ3n) is 3.00. The van der Waals surface area contributed by atoms with E-state index in [2.05, 4.69) is 0 Å². The Bertz CT molecular complexity index is 485. The highest BCUT2D eigenvalue weighted by molar-refractivity contribution is 6.00. The van der Waals surface area contributed by atoms with Crippen LogP contribution in [0.5, 0.6) is 5.75 Å². The molecule has 0 spiro atoms. The van der Waals surface area contributed by atoms with Crippen molar-refractivity contribution < 1.29 is 14.7 Å². The van der Waals surface area contributed by atoms with Crippen molar-refractivity contribution in [1.29, 1.82) is 0 Å². The quantitative estimate of drug-likeness (QED) is 0.783. The molecule has 0 aliphatic carbocycles. The molecule has 17 heavy (non-hydrogen) atoms. The SMILES string of the molecule is Cc1cc(O)ccc1N1CC(C(N)=O)CC1=O. The van der Waals surface area contributed by atoms with Crippen molar-refractivity contribution in [2.75, 3.05) is 11.4 Å². The van der Waals surface area contributed by atoms with Crippen molar-refractivity contribution in [3.63, 3.8) is 0 Å². The number of aryl methyl sites for hydroxylation is 1. The second kappa shape index (κ2) is 4.08. The lowest BCUT2D eigenvalue weighted by Gasteiger charge is -2.18. The van der Waals surface area contributed by atoms with Crippen LogP contribution in [0.2, 0.25) is 0 Å². The van der Waals surface area contributed by atoms with Crippen LogP contribution >= 0.6 is 0 Å². The van der Waals surface area contributed by atoms with Crippen LogP contribution in [0.4, 0.5) is 5.69 Å². The number of carbonyl (C=O) groups is 2. The fourth-order valence-electron chi connectivity index (χ4n) is 2.07. The summed E-state index contributed by atoms with van der Waals surface area (Å²) in [6.45, 7) is 2.12. The molecule has 0 bridgehead atoms. The van der Waals surface area contributed by atoms with E-state index in [1.807, 2.05) is 0 Å². The minimum Gasteiger partial charge on any atom is -0.508 e. The van der Waals surface area contributed by atoms with Gasteiger partial charge in [0.1, 0.15) is 5.75 Å². The van der Waals surface area contributed by atoms with Gasteiger partial charge in [-0.3, -0.25) is 9.59 Å². The highest BCUT2D eigenvalue weighted by Gasteiger charge is 2.34. The number of carbonyl (C=O) groups excluding carboxylic acids is 2. The smallest absolute Gasteiger partial charge is 0.227 e. The van der Waals surface area contributed by atoms with Crippen molar-refractivity contribution in [1.82, 2.24) is 0 Å². The zero-order chi connectivity index (χ0) is 12.6. The van der Waals surface area contributed by atoms with Crippen LogP contribution in [0.25, 0.3) is 0 Å². The van der Waals surface area contributed by atoms with Gasteiger partial charge < -0.3 is 15.7 Å². The molecule has 1 heterocycles. The molecule has 1 saturated heterocycles. The summed E-state index contributed by atoms with van der Waals surface area (Å²) < 4.78 is 0. The van der Waals surface area contributed by atoms with Gasteiger partial charge in [0.25, 0.3) is 0 Å². The maximum atomic E-state index is 11.8. The molecular weight excluding hydrogens is 220 g/mol. The molecule has 2 rings (SSSR count). The maximum Gasteiger partial charge on any atom is 0.227 e. The fourth-order valence-corrected chi connectivity index (χ4v) is 2.07. The Hall–Kier alpha value is -2.04. The second-order valence-electron chi connectivity index (χ2n) is 4.28. The molecule has 1 atom stereocenters. The van der Waals surface area contributed by atoms with Crippen LogP contribution in [0.15, 0.2) is 18.2 Å². The van der Waals surface area contributed by atoms with Crippen LogP contribution in [0, 0.1) is 12.8 Å². The van der Waals surface area contributed by atoms with Crippen LogP contribution in [-0.2, 0) is 9.59 Å². The third-order valence-corrected chi connectivity index (χ3v) is 3.00. The van der Waals surface area contributed by atoms with Gasteiger partial charge in [-0.1, -0.05) is 0 Å². The Morgan fingerprint density at radius 1 is 1.53 bits per heavy atom. The van der Waals surface area contributed by atoms with Gasteiger partial charge in [-0.05, 0) is 30.7 Å². The van der Waals surface area contributed by atoms with Gasteiger partial charge >= 0.3 is 0 Å². The van der Waals surface area contributed by atoms with E-state index in [1.165, 1.54) is 6.07 Å². The summed E-state index contributed by atoms with van der Waals surface area (Å²) in [6, 6.07) is 4.78. The first kappa shape index (κ1) is 11.4. The van der Waals surface area contributed by atoms with Crippen LogP contribution in [-0.4, -0.2) is 23.5 Å². The lowest BCUT2D eigenvalue weighted by atomic mass is 10.1. The summed E-state index contributed by atoms with van der Waals surface area (Å²) >= 11 is 0. The maximum absolute atomic E-state index is 11.8. The lowest BCUT2D eigenvalue weighted by molar-refractivity contribution is -0.123. The average molecular weight is 234 g/mol. The summed E-state index contributed by atoms with van der Waals surface area (Å²) in [6.07, 6.45) is 0.162. The summed E-state index contributed by atoms with van der Waals surface area (Å²) in [5.41, 5.74) is 6.72. The molecule has 90 valence electrons. The first-order chi connectivity index (χ1) is 7.99. The first-order valence-corrected chi connectivity index (χ1v) is 5.38. The predicted molar refractivity (Wildman–Crippen MR) is 62.5 cm³/mol. The van der Waals surface area contributed by atoms with E-state index in [1.54, 1.807) is 24.0 Å². The second-order valence-corrected chi connectivity index (χ2v) is 4.28. The molecular formula is C12H14N2O3. The van der Waals surface area contributed by atoms with Gasteiger partial charge in [-0.2, -0.15) is 0 Å². The minimum atomic E-state index is -0.447. The Morgan fingerprint density at radius 3 is 2.76 bits per heavy atom. The molecule has 2 amide bonds. The number of phenolic OH excluding ortho intramolecular Hbond substituents is 1. The van der Waals surface area contributed by atoms with Gasteiger partial charge in [0, 0.05) is 18.7 Å². The van der Waals surface area contributed by atoms with Crippen molar-refractivity contribution in [3.8, 4) is 5.75 Å². The Kier molecular flexibility index (Phi) is 2.75. The number of hydrogen-bond acceptors (Lipinski definition) is 3. The van der Waals surface area contributed by atoms with E-state index in [0.717, 1.165) is 11.3 Å². The highest BCUT2D eigenvalue weighted by Crippen LogP contribution is 2.29. The molecule has 1 aromatic carbocycles. The van der Waals surface area contributed by atoms with E-state index < -0.39 is 11.8 Å². The number of benzene rings is 1. The highest BCUT2D eigenvalue weighted by atomic mass is 16.3. The molecule has 5 heteroatoms. The largest absolute Gasteiger partial charge is 0.508 e. The molecule has 5 nitrogen and oxygen atoms in total. The minimum absolute atomic E-state index is 0.109. The third kappa shape index (κ3) is 2.08. The molecule has 1 fully saturated rings. The molecule has 3 N–H and O–H groups in total. The van der Waals surface area contributed by atoms with Gasteiger partial charge in [0.05, 0.1) is 5.92 Å². The Labute approximate surface area is 98.8 Å². The topological polar surface area (TPSA) is 83.6 Å². The first-order valence-electron chi connectivity index (χ1n) is 5.38. The lowest BCUT2D eigenvalue weighted by Crippen LogP contribution is -2.28. The predicted octanol–water partition coefficient (Wildman–Crippen LogP) is 0.539. The number of primary amides is 1. The number of phenols is 1. The standard InChI is InChI=1S/C12H14N2O3/c1-7-4-9(15)2-3-10(7)14-6-8(12(13)17)5-11(14)16/h2-4,8,15H,5-6H2,1H3,(H2,13,17). The number of nitrogens with two attached hydrogens (primary N) is 1. The van der Waals surface area contributed by atoms with Crippen LogP contribution in [0.3, 0.4) is 0 Å². The summed E-state index contributed by atoms with van der Waals surface area (Å²) in [5.74, 6) is -0.820. The van der Waals surface area contributed by atoms with Gasteiger partial charge in [-0.15, -0.1) is 0 Å². The number of nitrogens with zero attached hydrogens (tertiary/aromatic N) is 1. The monoisotopic (exact) mass is 234 g/mol. The summed E-state index contributed by atoms with van der Waals surface area (Å²) in [4.78, 5) is 24.4. The van der Waals surface area contributed by atoms with Crippen molar-refractivity contribution in [2.24, 2.45) is 11.7 Å². The van der Waals surface area contributed by atoms with E-state index in [0.29, 0.717) is 6.54 Å². The Morgan fingerprint density at radius 2 is 2.24 bits per heavy atom. The molecule has 1 aliphatic heterocycles. The molecule has 1 unspecified atom stereocenters. The normalized spacial score (nSPS) is 19.7. The van der Waals surface area contributed by atoms with Crippen molar-refractivity contribution >= 4 is 17.5 Å². The molecule has 0 saturated carbocycles. The Balaban J connectivity index is 2.29. The summed E-state index contributed by atoms with van der Waals surface area (Å²) in [7, 11) is 0. The van der Waals surface area contributed by atoms with E-state index >= 15 is 0 Å². The van der Waals surface area contributed by atoms with Gasteiger partial charge in [0.2, 0.25) is 11.8 Å². The number of rotatable bonds is 2. The van der Waals surface area contributed by atoms with Crippen molar-refractivity contribution in [2.45, 2.75) is 13.3 Å². The summed E-state index contributed by atoms with van der Waals surface area (Å²) in [5, 5.41) is 9.31. The molecule has 1 aliphatic rings. The number of amides is 2. The van der Waals surface area contributed by atoms with Crippen molar-refractivity contribution in [3.05, 3.63) is 23.8 Å². The zero-order valence-corrected chi connectivity index (χ0v) is 9.51. The van der Waals surface area contributed by atoms with E-state index in [4.69, 9.17) is 5.73 Å². The average Bonchev–Trinajstić information content (AvgIpc) is 2.61. The van der Waals surface area contributed by atoms with Gasteiger partial charge in [0.15, 0.2) is 0 Å². The number of hydrogen-bond donors (Lipinski definition) is 2. The van der Waals surface area contributed by atoms with E-state index in [9.17, 15) is 14.7 Å². The van der Waals surface area contributed by atoms with E-state index in [-0.39, 0.29) is 18.1 Å². The fraction of sp³-hybridized carbons (Fsp3) is 0.333. The molecule has 0 aromatic heterocycles. The molecule has 0 radical (unpaired) electrons. The zero-order valence-electron chi connectivity index (χ0n) is 9.51. The number of anilines is 1. The van der Waals surface area contributed by atoms with Crippen LogP contribution < -0.4 is 10.6 Å². The van der Waals surface area contributed by atoms with Gasteiger partial charge in [-0.25, -0.2) is 0 Å². The van der Waals surface area contributed by atoms with Crippen LogP contribution in [0.1, 0.15) is 12.0 Å². The number of aromatic hydroxyl groups is 1. The molecule has 1 aromatic rings.